The number of benzene rings is 1. The quantitative estimate of drug-likeness (QED) is 0.234. The van der Waals surface area contributed by atoms with Crippen molar-refractivity contribution in [2.24, 2.45) is 5.73 Å². The normalized spacial score (nSPS) is 13.7. The number of hydrogen-bond donors (Lipinski definition) is 6. The van der Waals surface area contributed by atoms with Gasteiger partial charge in [-0.3, -0.25) is 9.59 Å². The van der Waals surface area contributed by atoms with E-state index < -0.39 is 35.9 Å². The lowest BCUT2D eigenvalue weighted by molar-refractivity contribution is -0.142. The average molecular weight is 439 g/mol. The summed E-state index contributed by atoms with van der Waals surface area (Å²) < 4.78 is 0. The zero-order valence-corrected chi connectivity index (χ0v) is 17.2. The highest BCUT2D eigenvalue weighted by Gasteiger charge is 2.28. The van der Waals surface area contributed by atoms with Crippen LogP contribution in [-0.4, -0.2) is 61.0 Å². The van der Waals surface area contributed by atoms with E-state index >= 15 is 0 Å². The van der Waals surface area contributed by atoms with Crippen LogP contribution in [0, 0.1) is 0 Å². The summed E-state index contributed by atoms with van der Waals surface area (Å²) in [5, 5.41) is 14.7. The second-order valence-electron chi connectivity index (χ2n) is 7.32. The van der Waals surface area contributed by atoms with Crippen molar-refractivity contribution in [1.82, 2.24) is 30.6 Å². The number of carbonyl (C=O) groups excluding carboxylic acids is 2. The first kappa shape index (κ1) is 22.7. The first-order chi connectivity index (χ1) is 15.4. The summed E-state index contributed by atoms with van der Waals surface area (Å²) in [4.78, 5) is 50.8. The second kappa shape index (κ2) is 10.9. The lowest BCUT2D eigenvalue weighted by Gasteiger charge is -2.23. The maximum absolute atomic E-state index is 13.0. The Kier molecular flexibility index (Phi) is 7.70. The van der Waals surface area contributed by atoms with Crippen LogP contribution in [0.1, 0.15) is 17.0 Å². The molecular formula is C21H25N7O4. The molecule has 0 spiro atoms. The lowest BCUT2D eigenvalue weighted by Crippen LogP contribution is -2.56. The smallest absolute Gasteiger partial charge is 0.326 e. The Balaban J connectivity index is 1.71. The molecule has 3 unspecified atom stereocenters. The fourth-order valence-electron chi connectivity index (χ4n) is 3.15. The highest BCUT2D eigenvalue weighted by atomic mass is 16.4. The number of imidazole rings is 2. The van der Waals surface area contributed by atoms with Crippen LogP contribution in [0.2, 0.25) is 0 Å². The van der Waals surface area contributed by atoms with Crippen molar-refractivity contribution in [3.63, 3.8) is 0 Å². The van der Waals surface area contributed by atoms with E-state index in [0.717, 1.165) is 5.56 Å². The van der Waals surface area contributed by atoms with Gasteiger partial charge in [-0.15, -0.1) is 0 Å². The molecular weight excluding hydrogens is 414 g/mol. The predicted molar refractivity (Wildman–Crippen MR) is 114 cm³/mol. The summed E-state index contributed by atoms with van der Waals surface area (Å²) in [6.45, 7) is 0. The Morgan fingerprint density at radius 1 is 0.875 bits per heavy atom. The summed E-state index contributed by atoms with van der Waals surface area (Å²) in [6, 6.07) is 5.97. The molecule has 3 aromatic rings. The molecule has 0 bridgehead atoms. The summed E-state index contributed by atoms with van der Waals surface area (Å²) in [5.41, 5.74) is 8.04. The topological polar surface area (TPSA) is 179 Å². The van der Waals surface area contributed by atoms with Crippen LogP contribution in [0.15, 0.2) is 55.4 Å². The first-order valence-electron chi connectivity index (χ1n) is 10.00. The van der Waals surface area contributed by atoms with Gasteiger partial charge in [-0.1, -0.05) is 30.3 Å². The van der Waals surface area contributed by atoms with Crippen LogP contribution in [0.5, 0.6) is 0 Å². The van der Waals surface area contributed by atoms with E-state index in [0.29, 0.717) is 11.4 Å². The number of carboxylic acids is 1. The fraction of sp³-hybridized carbons (Fsp3) is 0.286. The molecule has 0 aliphatic heterocycles. The van der Waals surface area contributed by atoms with Gasteiger partial charge >= 0.3 is 5.97 Å². The van der Waals surface area contributed by atoms with Gasteiger partial charge in [0.15, 0.2) is 0 Å². The molecule has 0 saturated heterocycles. The SMILES string of the molecule is NC(Cc1cnc[nH]1)C(=O)NC(Cc1ccccc1)C(=O)NC(Cc1cnc[nH]1)C(=O)O. The van der Waals surface area contributed by atoms with Gasteiger partial charge in [0, 0.05) is 43.0 Å². The maximum atomic E-state index is 13.0. The molecule has 1 aromatic carbocycles. The number of amides is 2. The van der Waals surface area contributed by atoms with E-state index in [4.69, 9.17) is 5.73 Å². The van der Waals surface area contributed by atoms with E-state index in [2.05, 4.69) is 30.6 Å². The molecule has 11 heteroatoms. The van der Waals surface area contributed by atoms with Crippen LogP contribution in [-0.2, 0) is 33.6 Å². The number of nitrogens with zero attached hydrogens (tertiary/aromatic N) is 2. The van der Waals surface area contributed by atoms with Gasteiger partial charge < -0.3 is 31.4 Å². The number of H-pyrrole nitrogens is 2. The molecule has 3 atom stereocenters. The predicted octanol–water partition coefficient (Wildman–Crippen LogP) is -0.458. The minimum absolute atomic E-state index is 0.0203. The van der Waals surface area contributed by atoms with Gasteiger partial charge in [0.2, 0.25) is 11.8 Å². The highest BCUT2D eigenvalue weighted by molar-refractivity contribution is 5.92. The van der Waals surface area contributed by atoms with Gasteiger partial charge in [-0.05, 0) is 5.56 Å². The first-order valence-corrected chi connectivity index (χ1v) is 10.00. The zero-order valence-electron chi connectivity index (χ0n) is 17.2. The monoisotopic (exact) mass is 439 g/mol. The largest absolute Gasteiger partial charge is 0.480 e. The maximum Gasteiger partial charge on any atom is 0.326 e. The van der Waals surface area contributed by atoms with Crippen molar-refractivity contribution in [1.29, 1.82) is 0 Å². The molecule has 0 aliphatic rings. The zero-order chi connectivity index (χ0) is 22.9. The third-order valence-corrected chi connectivity index (χ3v) is 4.84. The van der Waals surface area contributed by atoms with Crippen molar-refractivity contribution in [2.45, 2.75) is 37.4 Å². The molecule has 0 radical (unpaired) electrons. The van der Waals surface area contributed by atoms with Crippen molar-refractivity contribution >= 4 is 17.8 Å². The van der Waals surface area contributed by atoms with Crippen molar-refractivity contribution in [3.05, 3.63) is 72.3 Å². The van der Waals surface area contributed by atoms with Crippen molar-refractivity contribution < 1.29 is 19.5 Å². The Hall–Kier alpha value is -3.99. The number of rotatable bonds is 11. The summed E-state index contributed by atoms with van der Waals surface area (Å²) in [6.07, 6.45) is 6.36. The standard InChI is InChI=1S/C21H25N7O4/c22-16(7-14-9-23-11-25-14)19(29)27-17(6-13-4-2-1-3-5-13)20(30)28-18(21(31)32)8-15-10-24-12-26-15/h1-5,9-12,16-18H,6-8,22H2,(H,23,25)(H,24,26)(H,27,29)(H,28,30)(H,31,32). The number of nitrogens with two attached hydrogens (primary N) is 1. The molecule has 2 heterocycles. The fourth-order valence-corrected chi connectivity index (χ4v) is 3.15. The second-order valence-corrected chi connectivity index (χ2v) is 7.32. The van der Waals surface area contributed by atoms with E-state index in [9.17, 15) is 19.5 Å². The molecule has 2 aromatic heterocycles. The molecule has 11 nitrogen and oxygen atoms in total. The lowest BCUT2D eigenvalue weighted by atomic mass is 10.0. The molecule has 32 heavy (non-hydrogen) atoms. The minimum atomic E-state index is -1.20. The molecule has 7 N–H and O–H groups in total. The van der Waals surface area contributed by atoms with Crippen LogP contribution in [0.4, 0.5) is 0 Å². The van der Waals surface area contributed by atoms with Crippen LogP contribution < -0.4 is 16.4 Å². The van der Waals surface area contributed by atoms with E-state index in [1.54, 1.807) is 6.20 Å². The van der Waals surface area contributed by atoms with Crippen molar-refractivity contribution in [2.75, 3.05) is 0 Å². The third kappa shape index (κ3) is 6.51. The van der Waals surface area contributed by atoms with E-state index in [1.165, 1.54) is 18.9 Å². The minimum Gasteiger partial charge on any atom is -0.480 e. The van der Waals surface area contributed by atoms with E-state index in [1.807, 2.05) is 30.3 Å². The highest BCUT2D eigenvalue weighted by Crippen LogP contribution is 2.06. The Labute approximate surface area is 183 Å². The molecule has 0 saturated carbocycles. The Bertz CT molecular complexity index is 1010. The summed E-state index contributed by atoms with van der Waals surface area (Å²) in [5.74, 6) is -2.35. The number of aromatic amines is 2. The average Bonchev–Trinajstić information content (AvgIpc) is 3.47. The van der Waals surface area contributed by atoms with Gasteiger partial charge in [0.25, 0.3) is 0 Å². The molecule has 3 rings (SSSR count). The summed E-state index contributed by atoms with van der Waals surface area (Å²) in [7, 11) is 0. The molecule has 0 fully saturated rings. The van der Waals surface area contributed by atoms with Crippen LogP contribution >= 0.6 is 0 Å². The number of nitrogens with one attached hydrogen (secondary N) is 4. The number of aliphatic carboxylic acids is 1. The Morgan fingerprint density at radius 3 is 2.03 bits per heavy atom. The van der Waals surface area contributed by atoms with Gasteiger partial charge in [0.05, 0.1) is 18.7 Å². The number of hydrogen-bond acceptors (Lipinski definition) is 6. The molecule has 2 amide bonds. The number of carboxylic acid groups (broad SMARTS) is 1. The van der Waals surface area contributed by atoms with Crippen LogP contribution in [0.3, 0.4) is 0 Å². The van der Waals surface area contributed by atoms with Gasteiger partial charge in [-0.25, -0.2) is 14.8 Å². The Morgan fingerprint density at radius 2 is 1.47 bits per heavy atom. The van der Waals surface area contributed by atoms with Gasteiger partial charge in [0.1, 0.15) is 12.1 Å². The van der Waals surface area contributed by atoms with Crippen LogP contribution in [0.25, 0.3) is 0 Å². The molecule has 0 aliphatic carbocycles. The number of carbonyl (C=O) groups is 3. The van der Waals surface area contributed by atoms with Crippen molar-refractivity contribution in [3.8, 4) is 0 Å². The van der Waals surface area contributed by atoms with Gasteiger partial charge in [-0.2, -0.15) is 0 Å². The van der Waals surface area contributed by atoms with E-state index in [-0.39, 0.29) is 19.3 Å². The third-order valence-electron chi connectivity index (χ3n) is 4.84. The number of aromatic nitrogens is 4. The summed E-state index contributed by atoms with van der Waals surface area (Å²) >= 11 is 0. The molecule has 168 valence electrons.